The molecule has 8 heteroatoms. The van der Waals surface area contributed by atoms with E-state index in [0.717, 1.165) is 54.0 Å². The van der Waals surface area contributed by atoms with Gasteiger partial charge >= 0.3 is 0 Å². The van der Waals surface area contributed by atoms with Crippen LogP contribution in [0.2, 0.25) is 0 Å². The summed E-state index contributed by atoms with van der Waals surface area (Å²) in [5.41, 5.74) is 2.92. The van der Waals surface area contributed by atoms with Crippen LogP contribution in [0.1, 0.15) is 44.5 Å². The number of allylic oxidation sites excluding steroid dienone is 1. The van der Waals surface area contributed by atoms with Crippen LogP contribution in [0.4, 0.5) is 0 Å². The number of carbonyl (C=O) groups excluding carboxylic acids is 1. The molecular formula is C22H26N6O2. The molecule has 30 heavy (non-hydrogen) atoms. The van der Waals surface area contributed by atoms with Crippen LogP contribution in [0.15, 0.2) is 41.2 Å². The molecule has 2 aliphatic heterocycles. The lowest BCUT2D eigenvalue weighted by Crippen LogP contribution is -2.49. The Bertz CT molecular complexity index is 1100. The van der Waals surface area contributed by atoms with Gasteiger partial charge in [-0.15, -0.1) is 0 Å². The van der Waals surface area contributed by atoms with Gasteiger partial charge in [0.15, 0.2) is 0 Å². The van der Waals surface area contributed by atoms with E-state index in [2.05, 4.69) is 21.6 Å². The third-order valence-corrected chi connectivity index (χ3v) is 6.29. The van der Waals surface area contributed by atoms with Gasteiger partial charge in [0.2, 0.25) is 17.6 Å². The largest absolute Gasteiger partial charge is 0.375 e. The smallest absolute Gasteiger partial charge is 0.230 e. The first-order valence-electron chi connectivity index (χ1n) is 10.5. The number of piperidine rings is 1. The van der Waals surface area contributed by atoms with E-state index in [-0.39, 0.29) is 11.9 Å². The lowest BCUT2D eigenvalue weighted by Gasteiger charge is -2.38. The number of nitrogens with zero attached hydrogens (tertiary/aromatic N) is 6. The highest BCUT2D eigenvalue weighted by Gasteiger charge is 2.30. The summed E-state index contributed by atoms with van der Waals surface area (Å²) >= 11 is 0. The molecule has 8 nitrogen and oxygen atoms in total. The average molecular weight is 406 g/mol. The van der Waals surface area contributed by atoms with E-state index in [0.29, 0.717) is 24.8 Å². The number of carbonyl (C=O) groups is 1. The number of hydrogen-bond acceptors (Lipinski definition) is 6. The molecule has 4 heterocycles. The zero-order chi connectivity index (χ0) is 20.8. The van der Waals surface area contributed by atoms with Crippen molar-refractivity contribution in [2.75, 3.05) is 26.2 Å². The summed E-state index contributed by atoms with van der Waals surface area (Å²) in [5, 5.41) is 10.0. The molecule has 0 bridgehead atoms. The van der Waals surface area contributed by atoms with Crippen molar-refractivity contribution in [3.05, 3.63) is 42.6 Å². The zero-order valence-electron chi connectivity index (χ0n) is 17.4. The molecular weight excluding hydrogens is 380 g/mol. The maximum Gasteiger partial charge on any atom is 0.230 e. The Labute approximate surface area is 175 Å². The van der Waals surface area contributed by atoms with Gasteiger partial charge in [-0.2, -0.15) is 10.1 Å². The molecule has 2 saturated heterocycles. The van der Waals surface area contributed by atoms with E-state index < -0.39 is 0 Å². The first-order valence-corrected chi connectivity index (χ1v) is 10.5. The van der Waals surface area contributed by atoms with E-state index in [9.17, 15) is 4.79 Å². The van der Waals surface area contributed by atoms with Crippen molar-refractivity contribution in [2.45, 2.75) is 38.6 Å². The molecule has 0 radical (unpaired) electrons. The Hall–Kier alpha value is -3.16. The summed E-state index contributed by atoms with van der Waals surface area (Å²) in [5.74, 6) is 1.74. The Morgan fingerprint density at radius 1 is 1.17 bits per heavy atom. The van der Waals surface area contributed by atoms with Crippen LogP contribution < -0.4 is 0 Å². The van der Waals surface area contributed by atoms with Crippen LogP contribution in [0.5, 0.6) is 0 Å². The van der Waals surface area contributed by atoms with Gasteiger partial charge in [-0.25, -0.2) is 0 Å². The SMILES string of the molecule is C=C(C)N1CCC(c2nc(-c3ccc4cn(C5CN(C(C)=O)C5)nc4c3)no2)CC1. The normalized spacial score (nSPS) is 18.1. The van der Waals surface area contributed by atoms with Crippen molar-refractivity contribution in [1.82, 2.24) is 29.7 Å². The summed E-state index contributed by atoms with van der Waals surface area (Å²) in [4.78, 5) is 20.2. The lowest BCUT2D eigenvalue weighted by atomic mass is 9.96. The fraction of sp³-hybridized carbons (Fsp3) is 0.455. The number of fused-ring (bicyclic) bond motifs is 1. The van der Waals surface area contributed by atoms with Gasteiger partial charge < -0.3 is 14.3 Å². The Balaban J connectivity index is 1.31. The first-order chi connectivity index (χ1) is 14.5. The summed E-state index contributed by atoms with van der Waals surface area (Å²) in [7, 11) is 0. The summed E-state index contributed by atoms with van der Waals surface area (Å²) in [6.45, 7) is 11.1. The topological polar surface area (TPSA) is 80.3 Å². The van der Waals surface area contributed by atoms with Gasteiger partial charge in [-0.3, -0.25) is 9.48 Å². The third-order valence-electron chi connectivity index (χ3n) is 6.29. The van der Waals surface area contributed by atoms with Crippen LogP contribution >= 0.6 is 0 Å². The molecule has 0 aliphatic carbocycles. The molecule has 3 aromatic rings. The second-order valence-corrected chi connectivity index (χ2v) is 8.41. The number of amides is 1. The minimum atomic E-state index is 0.114. The molecule has 0 spiro atoms. The van der Waals surface area contributed by atoms with Crippen molar-refractivity contribution in [3.63, 3.8) is 0 Å². The van der Waals surface area contributed by atoms with Gasteiger partial charge in [0.25, 0.3) is 0 Å². The summed E-state index contributed by atoms with van der Waals surface area (Å²) in [6, 6.07) is 6.30. The Kier molecular flexibility index (Phi) is 4.56. The quantitative estimate of drug-likeness (QED) is 0.662. The highest BCUT2D eigenvalue weighted by Crippen LogP contribution is 2.30. The van der Waals surface area contributed by atoms with E-state index in [4.69, 9.17) is 9.62 Å². The number of aromatic nitrogens is 4. The van der Waals surface area contributed by atoms with Gasteiger partial charge in [-0.1, -0.05) is 23.9 Å². The van der Waals surface area contributed by atoms with Crippen LogP contribution in [0.3, 0.4) is 0 Å². The van der Waals surface area contributed by atoms with Crippen molar-refractivity contribution in [1.29, 1.82) is 0 Å². The number of likely N-dealkylation sites (tertiary alicyclic amines) is 2. The molecule has 5 rings (SSSR count). The Morgan fingerprint density at radius 3 is 2.63 bits per heavy atom. The number of hydrogen-bond donors (Lipinski definition) is 0. The monoisotopic (exact) mass is 406 g/mol. The average Bonchev–Trinajstić information content (AvgIpc) is 3.33. The van der Waals surface area contributed by atoms with Gasteiger partial charge in [0, 0.05) is 61.9 Å². The van der Waals surface area contributed by atoms with Crippen molar-refractivity contribution in [3.8, 4) is 11.4 Å². The van der Waals surface area contributed by atoms with Gasteiger partial charge in [-0.05, 0) is 25.8 Å². The fourth-order valence-corrected chi connectivity index (χ4v) is 4.27. The maximum atomic E-state index is 11.4. The van der Waals surface area contributed by atoms with Crippen LogP contribution in [0, 0.1) is 0 Å². The third kappa shape index (κ3) is 3.36. The molecule has 1 amide bonds. The lowest BCUT2D eigenvalue weighted by molar-refractivity contribution is -0.134. The van der Waals surface area contributed by atoms with E-state index in [1.54, 1.807) is 6.92 Å². The van der Waals surface area contributed by atoms with Gasteiger partial charge in [0.1, 0.15) is 0 Å². The summed E-state index contributed by atoms with van der Waals surface area (Å²) in [6.07, 6.45) is 4.03. The standard InChI is InChI=1S/C22H26N6O2/c1-14(2)26-8-6-16(7-9-26)22-23-21(25-30-22)17-4-5-18-11-28(24-20(18)10-17)19-12-27(13-19)15(3)29/h4-5,10-11,16,19H,1,6-9,12-13H2,2-3H3. The molecule has 2 fully saturated rings. The second kappa shape index (κ2) is 7.27. The van der Waals surface area contributed by atoms with Gasteiger partial charge in [0.05, 0.1) is 11.6 Å². The van der Waals surface area contributed by atoms with E-state index >= 15 is 0 Å². The minimum Gasteiger partial charge on any atom is -0.375 e. The molecule has 0 unspecified atom stereocenters. The number of rotatable bonds is 4. The predicted molar refractivity (Wildman–Crippen MR) is 113 cm³/mol. The minimum absolute atomic E-state index is 0.114. The molecule has 2 aliphatic rings. The predicted octanol–water partition coefficient (Wildman–Crippen LogP) is 3.20. The van der Waals surface area contributed by atoms with Crippen molar-refractivity contribution >= 4 is 16.8 Å². The fourth-order valence-electron chi connectivity index (χ4n) is 4.27. The molecule has 0 atom stereocenters. The Morgan fingerprint density at radius 2 is 1.93 bits per heavy atom. The molecule has 1 aromatic carbocycles. The molecule has 0 saturated carbocycles. The summed E-state index contributed by atoms with van der Waals surface area (Å²) < 4.78 is 7.57. The highest BCUT2D eigenvalue weighted by atomic mass is 16.5. The molecule has 2 aromatic heterocycles. The molecule has 156 valence electrons. The van der Waals surface area contributed by atoms with Crippen LogP contribution in [-0.2, 0) is 4.79 Å². The van der Waals surface area contributed by atoms with Crippen molar-refractivity contribution in [2.24, 2.45) is 0 Å². The highest BCUT2D eigenvalue weighted by molar-refractivity contribution is 5.82. The van der Waals surface area contributed by atoms with Crippen molar-refractivity contribution < 1.29 is 9.32 Å². The maximum absolute atomic E-state index is 11.4. The van der Waals surface area contributed by atoms with E-state index in [1.807, 2.05) is 40.9 Å². The first kappa shape index (κ1) is 18.8. The number of benzene rings is 1. The molecule has 0 N–H and O–H groups in total. The van der Waals surface area contributed by atoms with Crippen LogP contribution in [-0.4, -0.2) is 61.8 Å². The second-order valence-electron chi connectivity index (χ2n) is 8.41. The zero-order valence-corrected chi connectivity index (χ0v) is 17.4. The van der Waals surface area contributed by atoms with Crippen LogP contribution in [0.25, 0.3) is 22.3 Å². The van der Waals surface area contributed by atoms with E-state index in [1.165, 1.54) is 0 Å².